The minimum absolute atomic E-state index is 0.00443. The first-order valence-electron chi connectivity index (χ1n) is 12.1. The molecular formula is C28H29ClN4O5S. The summed E-state index contributed by atoms with van der Waals surface area (Å²) >= 11 is 6.06. The highest BCUT2D eigenvalue weighted by molar-refractivity contribution is 7.89. The summed E-state index contributed by atoms with van der Waals surface area (Å²) in [5.74, 6) is 0.254. The number of ether oxygens (including phenoxy) is 2. The van der Waals surface area contributed by atoms with Crippen molar-refractivity contribution >= 4 is 44.1 Å². The Bertz CT molecular complexity index is 1550. The molecule has 0 aliphatic heterocycles. The summed E-state index contributed by atoms with van der Waals surface area (Å²) in [4.78, 5) is 17.2. The lowest BCUT2D eigenvalue weighted by molar-refractivity contribution is -0.121. The zero-order chi connectivity index (χ0) is 27.8. The van der Waals surface area contributed by atoms with E-state index >= 15 is 0 Å². The number of carbonyl (C=O) groups excluding carboxylic acids is 1. The molecule has 1 aromatic heterocycles. The lowest BCUT2D eigenvalue weighted by Crippen LogP contribution is -2.41. The van der Waals surface area contributed by atoms with Crippen LogP contribution in [0.2, 0.25) is 5.02 Å². The van der Waals surface area contributed by atoms with Gasteiger partial charge in [0, 0.05) is 48.0 Å². The molecule has 0 saturated heterocycles. The van der Waals surface area contributed by atoms with E-state index in [0.717, 1.165) is 26.5 Å². The summed E-state index contributed by atoms with van der Waals surface area (Å²) in [6.07, 6.45) is 1.68. The van der Waals surface area contributed by atoms with Gasteiger partial charge in [0.1, 0.15) is 0 Å². The summed E-state index contributed by atoms with van der Waals surface area (Å²) in [5.41, 5.74) is 2.36. The molecule has 0 unspecified atom stereocenters. The largest absolute Gasteiger partial charge is 0.493 e. The van der Waals surface area contributed by atoms with Crippen LogP contribution in [0.4, 0.5) is 5.69 Å². The summed E-state index contributed by atoms with van der Waals surface area (Å²) in [7, 11) is -1.15. The standard InChI is InChI=1S/C28H29ClN4O5S/c1-37-26-11-9-22(17-27(26)38-2)39(35,36)33(18-20-6-4-3-5-7-20)19-28(34)32-15-14-31-24-12-13-30-25-16-21(29)8-10-23(24)25/h3-13,16-17H,14-15,18-19H2,1-2H3,(H,30,31)(H,32,34). The van der Waals surface area contributed by atoms with Crippen LogP contribution in [-0.2, 0) is 21.4 Å². The smallest absolute Gasteiger partial charge is 0.243 e. The predicted molar refractivity (Wildman–Crippen MR) is 152 cm³/mol. The lowest BCUT2D eigenvalue weighted by Gasteiger charge is -2.22. The lowest BCUT2D eigenvalue weighted by atomic mass is 10.2. The molecular weight excluding hydrogens is 540 g/mol. The van der Waals surface area contributed by atoms with E-state index in [1.807, 2.05) is 42.5 Å². The number of nitrogens with one attached hydrogen (secondary N) is 2. The van der Waals surface area contributed by atoms with E-state index in [1.165, 1.54) is 32.4 Å². The van der Waals surface area contributed by atoms with Gasteiger partial charge in [-0.25, -0.2) is 8.42 Å². The van der Waals surface area contributed by atoms with Crippen LogP contribution in [0.25, 0.3) is 10.9 Å². The van der Waals surface area contributed by atoms with Crippen LogP contribution in [0.3, 0.4) is 0 Å². The maximum atomic E-state index is 13.6. The van der Waals surface area contributed by atoms with Crippen molar-refractivity contribution in [1.82, 2.24) is 14.6 Å². The predicted octanol–water partition coefficient (Wildman–Crippen LogP) is 4.32. The van der Waals surface area contributed by atoms with Gasteiger partial charge in [-0.05, 0) is 42.0 Å². The number of aromatic nitrogens is 1. The van der Waals surface area contributed by atoms with Gasteiger partial charge in [-0.1, -0.05) is 41.9 Å². The molecule has 0 bridgehead atoms. The Morgan fingerprint density at radius 1 is 0.949 bits per heavy atom. The molecule has 1 heterocycles. The molecule has 0 atom stereocenters. The third-order valence-electron chi connectivity index (χ3n) is 5.98. The number of hydrogen-bond donors (Lipinski definition) is 2. The minimum atomic E-state index is -4.05. The van der Waals surface area contributed by atoms with Crippen LogP contribution >= 0.6 is 11.6 Å². The average Bonchev–Trinajstić information content (AvgIpc) is 2.94. The molecule has 4 rings (SSSR count). The summed E-state index contributed by atoms with van der Waals surface area (Å²) in [6.45, 7) is 0.372. The molecule has 0 saturated carbocycles. The molecule has 9 nitrogen and oxygen atoms in total. The Morgan fingerprint density at radius 2 is 1.72 bits per heavy atom. The molecule has 0 spiro atoms. The van der Waals surface area contributed by atoms with Crippen molar-refractivity contribution in [3.05, 3.63) is 89.6 Å². The van der Waals surface area contributed by atoms with Crippen LogP contribution in [0.1, 0.15) is 5.56 Å². The number of fused-ring (bicyclic) bond motifs is 1. The molecule has 0 aliphatic carbocycles. The van der Waals surface area contributed by atoms with Gasteiger partial charge in [0.15, 0.2) is 11.5 Å². The number of methoxy groups -OCH3 is 2. The van der Waals surface area contributed by atoms with Gasteiger partial charge in [0.2, 0.25) is 15.9 Å². The zero-order valence-electron chi connectivity index (χ0n) is 21.6. The summed E-state index contributed by atoms with van der Waals surface area (Å²) < 4.78 is 38.9. The molecule has 39 heavy (non-hydrogen) atoms. The fourth-order valence-electron chi connectivity index (χ4n) is 4.03. The highest BCUT2D eigenvalue weighted by atomic mass is 35.5. The van der Waals surface area contributed by atoms with E-state index in [2.05, 4.69) is 15.6 Å². The highest BCUT2D eigenvalue weighted by Crippen LogP contribution is 2.31. The molecule has 0 aliphatic rings. The number of pyridine rings is 1. The number of rotatable bonds is 12. The number of nitrogens with zero attached hydrogens (tertiary/aromatic N) is 2. The van der Waals surface area contributed by atoms with Gasteiger partial charge in [0.05, 0.1) is 31.2 Å². The molecule has 2 N–H and O–H groups in total. The van der Waals surface area contributed by atoms with Crippen molar-refractivity contribution in [2.45, 2.75) is 11.4 Å². The molecule has 3 aromatic carbocycles. The monoisotopic (exact) mass is 568 g/mol. The number of halogens is 1. The van der Waals surface area contributed by atoms with Gasteiger partial charge in [0.25, 0.3) is 0 Å². The molecule has 0 radical (unpaired) electrons. The summed E-state index contributed by atoms with van der Waals surface area (Å²) in [6, 6.07) is 20.7. The Hall–Kier alpha value is -3.86. The number of sulfonamides is 1. The quantitative estimate of drug-likeness (QED) is 0.245. The Balaban J connectivity index is 1.45. The van der Waals surface area contributed by atoms with Gasteiger partial charge >= 0.3 is 0 Å². The molecule has 1 amide bonds. The summed E-state index contributed by atoms with van der Waals surface area (Å²) in [5, 5.41) is 7.59. The van der Waals surface area contributed by atoms with Crippen molar-refractivity contribution in [2.75, 3.05) is 39.2 Å². The fourth-order valence-corrected chi connectivity index (χ4v) is 5.60. The van der Waals surface area contributed by atoms with Crippen LogP contribution < -0.4 is 20.1 Å². The first-order chi connectivity index (χ1) is 18.8. The Morgan fingerprint density at radius 3 is 2.46 bits per heavy atom. The maximum absolute atomic E-state index is 13.6. The van der Waals surface area contributed by atoms with Gasteiger partial charge < -0.3 is 20.1 Å². The van der Waals surface area contributed by atoms with Crippen molar-refractivity contribution in [3.63, 3.8) is 0 Å². The molecule has 11 heteroatoms. The van der Waals surface area contributed by atoms with Gasteiger partial charge in [-0.2, -0.15) is 4.31 Å². The van der Waals surface area contributed by atoms with E-state index in [9.17, 15) is 13.2 Å². The Kier molecular flexibility index (Phi) is 9.23. The normalized spacial score (nSPS) is 11.4. The fraction of sp³-hybridized carbons (Fsp3) is 0.214. The minimum Gasteiger partial charge on any atom is -0.493 e. The first-order valence-corrected chi connectivity index (χ1v) is 13.9. The van der Waals surface area contributed by atoms with E-state index in [0.29, 0.717) is 17.3 Å². The highest BCUT2D eigenvalue weighted by Gasteiger charge is 2.28. The third kappa shape index (κ3) is 6.97. The van der Waals surface area contributed by atoms with Crippen molar-refractivity contribution in [2.24, 2.45) is 0 Å². The molecule has 4 aromatic rings. The van der Waals surface area contributed by atoms with Gasteiger partial charge in [-0.15, -0.1) is 0 Å². The van der Waals surface area contributed by atoms with E-state index < -0.39 is 15.9 Å². The third-order valence-corrected chi connectivity index (χ3v) is 8.00. The number of anilines is 1. The number of carbonyl (C=O) groups is 1. The second-order valence-corrected chi connectivity index (χ2v) is 10.9. The number of benzene rings is 3. The van der Waals surface area contributed by atoms with Gasteiger partial charge in [-0.3, -0.25) is 9.78 Å². The van der Waals surface area contributed by atoms with Crippen molar-refractivity contribution in [1.29, 1.82) is 0 Å². The SMILES string of the molecule is COc1ccc(S(=O)(=O)N(CC(=O)NCCNc2ccnc3cc(Cl)ccc23)Cc2ccccc2)cc1OC. The van der Waals surface area contributed by atoms with E-state index in [4.69, 9.17) is 21.1 Å². The first kappa shape index (κ1) is 28.2. The average molecular weight is 569 g/mol. The molecule has 0 fully saturated rings. The molecule has 204 valence electrons. The van der Waals surface area contributed by atoms with Crippen LogP contribution in [0.15, 0.2) is 83.9 Å². The van der Waals surface area contributed by atoms with Crippen molar-refractivity contribution in [3.8, 4) is 11.5 Å². The number of hydrogen-bond acceptors (Lipinski definition) is 7. The van der Waals surface area contributed by atoms with E-state index in [-0.39, 0.29) is 30.3 Å². The Labute approximate surface area is 232 Å². The van der Waals surface area contributed by atoms with Crippen LogP contribution in [0.5, 0.6) is 11.5 Å². The topological polar surface area (TPSA) is 110 Å². The second-order valence-electron chi connectivity index (χ2n) is 8.57. The van der Waals surface area contributed by atoms with Crippen LogP contribution in [-0.4, -0.2) is 57.5 Å². The second kappa shape index (κ2) is 12.8. The van der Waals surface area contributed by atoms with Crippen molar-refractivity contribution < 1.29 is 22.7 Å². The van der Waals surface area contributed by atoms with E-state index in [1.54, 1.807) is 18.3 Å². The zero-order valence-corrected chi connectivity index (χ0v) is 23.1. The maximum Gasteiger partial charge on any atom is 0.243 e. The van der Waals surface area contributed by atoms with Crippen LogP contribution in [0, 0.1) is 0 Å². The number of amides is 1.